The zero-order chi connectivity index (χ0) is 12.3. The van der Waals surface area contributed by atoms with Crippen LogP contribution < -0.4 is 5.32 Å². The summed E-state index contributed by atoms with van der Waals surface area (Å²) in [5.74, 6) is 1.21. The molecule has 1 aromatic heterocycles. The molecule has 2 N–H and O–H groups in total. The molecule has 0 saturated heterocycles. The third-order valence-corrected chi connectivity index (χ3v) is 3.79. The summed E-state index contributed by atoms with van der Waals surface area (Å²) in [4.78, 5) is 7.98. The fourth-order valence-electron chi connectivity index (χ4n) is 2.16. The molecule has 4 nitrogen and oxygen atoms in total. The lowest BCUT2D eigenvalue weighted by atomic mass is 9.87. The van der Waals surface area contributed by atoms with Crippen LogP contribution in [-0.4, -0.2) is 27.7 Å². The van der Waals surface area contributed by atoms with Crippen molar-refractivity contribution in [1.82, 2.24) is 9.97 Å². The minimum Gasteiger partial charge on any atom is -0.393 e. The SMILES string of the molecule is OC1CCCC(CNc2nc(Cl)ncc2Br)C1. The molecular weight excluding hydrogens is 305 g/mol. The Bertz CT molecular complexity index is 391. The van der Waals surface area contributed by atoms with Gasteiger partial charge in [0.05, 0.1) is 10.6 Å². The van der Waals surface area contributed by atoms with Crippen molar-refractivity contribution in [3.63, 3.8) is 0 Å². The van der Waals surface area contributed by atoms with Crippen molar-refractivity contribution in [2.75, 3.05) is 11.9 Å². The summed E-state index contributed by atoms with van der Waals surface area (Å²) in [7, 11) is 0. The van der Waals surface area contributed by atoms with E-state index in [0.717, 1.165) is 36.7 Å². The zero-order valence-corrected chi connectivity index (χ0v) is 11.7. The van der Waals surface area contributed by atoms with Crippen molar-refractivity contribution in [2.24, 2.45) is 5.92 Å². The summed E-state index contributed by atoms with van der Waals surface area (Å²) in [6.45, 7) is 0.809. The van der Waals surface area contributed by atoms with Gasteiger partial charge in [0, 0.05) is 12.7 Å². The highest BCUT2D eigenvalue weighted by Crippen LogP contribution is 2.26. The molecule has 1 aliphatic carbocycles. The van der Waals surface area contributed by atoms with Crippen LogP contribution >= 0.6 is 27.5 Å². The van der Waals surface area contributed by atoms with Gasteiger partial charge in [-0.25, -0.2) is 4.98 Å². The molecule has 1 saturated carbocycles. The summed E-state index contributed by atoms with van der Waals surface area (Å²) in [5, 5.41) is 13.1. The van der Waals surface area contributed by atoms with Crippen LogP contribution in [0, 0.1) is 5.92 Å². The molecule has 6 heteroatoms. The van der Waals surface area contributed by atoms with E-state index < -0.39 is 0 Å². The first kappa shape index (κ1) is 13.1. The Kier molecular flexibility index (Phi) is 4.59. The Balaban J connectivity index is 1.90. The maximum Gasteiger partial charge on any atom is 0.224 e. The number of rotatable bonds is 3. The predicted molar refractivity (Wildman–Crippen MR) is 71.2 cm³/mol. The zero-order valence-electron chi connectivity index (χ0n) is 9.37. The number of aromatic nitrogens is 2. The second-order valence-electron chi connectivity index (χ2n) is 4.40. The van der Waals surface area contributed by atoms with Crippen molar-refractivity contribution in [1.29, 1.82) is 0 Å². The molecule has 1 aliphatic rings. The van der Waals surface area contributed by atoms with Crippen LogP contribution in [0.5, 0.6) is 0 Å². The molecule has 0 aromatic carbocycles. The molecule has 0 spiro atoms. The lowest BCUT2D eigenvalue weighted by Crippen LogP contribution is -2.25. The van der Waals surface area contributed by atoms with Gasteiger partial charge in [0.1, 0.15) is 5.82 Å². The van der Waals surface area contributed by atoms with E-state index in [4.69, 9.17) is 11.6 Å². The van der Waals surface area contributed by atoms with Gasteiger partial charge in [-0.05, 0) is 52.7 Å². The van der Waals surface area contributed by atoms with E-state index in [1.165, 1.54) is 0 Å². The highest BCUT2D eigenvalue weighted by molar-refractivity contribution is 9.10. The number of anilines is 1. The van der Waals surface area contributed by atoms with Crippen LogP contribution in [0.15, 0.2) is 10.7 Å². The average Bonchev–Trinajstić information content (AvgIpc) is 2.30. The van der Waals surface area contributed by atoms with Crippen LogP contribution in [-0.2, 0) is 0 Å². The van der Waals surface area contributed by atoms with E-state index in [2.05, 4.69) is 31.2 Å². The lowest BCUT2D eigenvalue weighted by molar-refractivity contribution is 0.104. The molecule has 1 fully saturated rings. The van der Waals surface area contributed by atoms with Crippen LogP contribution in [0.3, 0.4) is 0 Å². The van der Waals surface area contributed by atoms with Gasteiger partial charge in [0.15, 0.2) is 0 Å². The standard InChI is InChI=1S/C11H15BrClN3O/c12-9-6-15-11(13)16-10(9)14-5-7-2-1-3-8(17)4-7/h6-8,17H,1-5H2,(H,14,15,16). The van der Waals surface area contributed by atoms with Crippen LogP contribution in [0.1, 0.15) is 25.7 Å². The molecule has 2 rings (SSSR count). The number of nitrogens with one attached hydrogen (secondary N) is 1. The quantitative estimate of drug-likeness (QED) is 0.841. The molecule has 94 valence electrons. The van der Waals surface area contributed by atoms with E-state index in [-0.39, 0.29) is 11.4 Å². The van der Waals surface area contributed by atoms with Crippen LogP contribution in [0.25, 0.3) is 0 Å². The van der Waals surface area contributed by atoms with Gasteiger partial charge in [-0.1, -0.05) is 6.42 Å². The van der Waals surface area contributed by atoms with Gasteiger partial charge in [0.2, 0.25) is 5.28 Å². The minimum absolute atomic E-state index is 0.145. The number of nitrogens with zero attached hydrogens (tertiary/aromatic N) is 2. The molecule has 0 aliphatic heterocycles. The third kappa shape index (κ3) is 3.79. The summed E-state index contributed by atoms with van der Waals surface area (Å²) < 4.78 is 0.804. The fourth-order valence-corrected chi connectivity index (χ4v) is 2.62. The van der Waals surface area contributed by atoms with Crippen LogP contribution in [0.2, 0.25) is 5.28 Å². The maximum absolute atomic E-state index is 9.59. The number of aliphatic hydroxyl groups excluding tert-OH is 1. The Hall–Kier alpha value is -0.390. The number of halogens is 2. The molecule has 17 heavy (non-hydrogen) atoms. The first-order valence-corrected chi connectivity index (χ1v) is 6.92. The smallest absolute Gasteiger partial charge is 0.224 e. The molecule has 2 unspecified atom stereocenters. The van der Waals surface area contributed by atoms with Crippen molar-refractivity contribution in [3.8, 4) is 0 Å². The first-order valence-electron chi connectivity index (χ1n) is 5.75. The summed E-state index contributed by atoms with van der Waals surface area (Å²) in [5.41, 5.74) is 0. The maximum atomic E-state index is 9.59. The first-order chi connectivity index (χ1) is 8.15. The Morgan fingerprint density at radius 1 is 1.53 bits per heavy atom. The van der Waals surface area contributed by atoms with E-state index in [1.54, 1.807) is 6.20 Å². The average molecular weight is 321 g/mol. The van der Waals surface area contributed by atoms with Crippen molar-refractivity contribution in [2.45, 2.75) is 31.8 Å². The van der Waals surface area contributed by atoms with Gasteiger partial charge < -0.3 is 10.4 Å². The fraction of sp³-hybridized carbons (Fsp3) is 0.636. The second-order valence-corrected chi connectivity index (χ2v) is 5.60. The van der Waals surface area contributed by atoms with Crippen molar-refractivity contribution in [3.05, 3.63) is 16.0 Å². The van der Waals surface area contributed by atoms with Gasteiger partial charge in [-0.3, -0.25) is 0 Å². The number of aliphatic hydroxyl groups is 1. The predicted octanol–water partition coefficient (Wildman–Crippen LogP) is 2.86. The largest absolute Gasteiger partial charge is 0.393 e. The summed E-state index contributed by atoms with van der Waals surface area (Å²) in [6, 6.07) is 0. The van der Waals surface area contributed by atoms with Crippen molar-refractivity contribution >= 4 is 33.3 Å². The summed E-state index contributed by atoms with van der Waals surface area (Å²) in [6.07, 6.45) is 5.53. The normalized spacial score (nSPS) is 24.6. The van der Waals surface area contributed by atoms with E-state index in [9.17, 15) is 5.11 Å². The molecule has 0 bridgehead atoms. The monoisotopic (exact) mass is 319 g/mol. The minimum atomic E-state index is -0.145. The topological polar surface area (TPSA) is 58.0 Å². The Morgan fingerprint density at radius 3 is 3.12 bits per heavy atom. The highest BCUT2D eigenvalue weighted by Gasteiger charge is 2.20. The number of hydrogen-bond donors (Lipinski definition) is 2. The van der Waals surface area contributed by atoms with E-state index >= 15 is 0 Å². The summed E-state index contributed by atoms with van der Waals surface area (Å²) >= 11 is 9.11. The molecular formula is C11H15BrClN3O. The highest BCUT2D eigenvalue weighted by atomic mass is 79.9. The third-order valence-electron chi connectivity index (χ3n) is 3.03. The molecule has 0 radical (unpaired) electrons. The Labute approximate surface area is 114 Å². The number of hydrogen-bond acceptors (Lipinski definition) is 4. The van der Waals surface area contributed by atoms with Gasteiger partial charge in [-0.15, -0.1) is 0 Å². The van der Waals surface area contributed by atoms with Crippen LogP contribution in [0.4, 0.5) is 5.82 Å². The molecule has 2 atom stereocenters. The molecule has 1 heterocycles. The van der Waals surface area contributed by atoms with E-state index in [1.807, 2.05) is 0 Å². The molecule has 0 amide bonds. The van der Waals surface area contributed by atoms with Gasteiger partial charge >= 0.3 is 0 Å². The van der Waals surface area contributed by atoms with Gasteiger partial charge in [-0.2, -0.15) is 4.98 Å². The van der Waals surface area contributed by atoms with E-state index in [0.29, 0.717) is 11.7 Å². The molecule has 1 aromatic rings. The van der Waals surface area contributed by atoms with Gasteiger partial charge in [0.25, 0.3) is 0 Å². The second kappa shape index (κ2) is 5.98. The Morgan fingerprint density at radius 2 is 2.35 bits per heavy atom. The van der Waals surface area contributed by atoms with Crippen molar-refractivity contribution < 1.29 is 5.11 Å². The lowest BCUT2D eigenvalue weighted by Gasteiger charge is -2.26.